The molecule has 310 valence electrons. The lowest BCUT2D eigenvalue weighted by Gasteiger charge is -2.29. The van der Waals surface area contributed by atoms with Crippen molar-refractivity contribution >= 4 is 46.9 Å². The van der Waals surface area contributed by atoms with E-state index in [2.05, 4.69) is 21.3 Å². The molecule has 17 heteroatoms. The molecule has 1 fully saturated rings. The lowest BCUT2D eigenvalue weighted by molar-refractivity contribution is -0.192. The Bertz CT molecular complexity index is 1990. The quantitative estimate of drug-likeness (QED) is 0.0965. The predicted octanol–water partition coefficient (Wildman–Crippen LogP) is 3.22. The molecule has 1 heterocycles. The van der Waals surface area contributed by atoms with Gasteiger partial charge >= 0.3 is 12.1 Å². The summed E-state index contributed by atoms with van der Waals surface area (Å²) in [6, 6.07) is 18.8. The fourth-order valence-corrected chi connectivity index (χ4v) is 6.53. The second-order valence-electron chi connectivity index (χ2n) is 13.9. The average Bonchev–Trinajstić information content (AvgIpc) is 3.71. The van der Waals surface area contributed by atoms with Crippen molar-refractivity contribution in [3.63, 3.8) is 0 Å². The predicted molar refractivity (Wildman–Crippen MR) is 207 cm³/mol. The number of anilines is 1. The van der Waals surface area contributed by atoms with Gasteiger partial charge in [0.05, 0.1) is 18.2 Å². The van der Waals surface area contributed by atoms with Crippen molar-refractivity contribution in [2.45, 2.75) is 70.3 Å². The first-order chi connectivity index (χ1) is 27.5. The van der Waals surface area contributed by atoms with Crippen LogP contribution in [0.25, 0.3) is 0 Å². The number of rotatable bonds is 15. The molecule has 3 aromatic rings. The highest BCUT2D eigenvalue weighted by Gasteiger charge is 2.39. The topological polar surface area (TPSA) is 217 Å². The monoisotopic (exact) mass is 808 g/mol. The molecule has 0 aromatic heterocycles. The number of hydrogen-bond acceptors (Lipinski definition) is 9. The van der Waals surface area contributed by atoms with Crippen LogP contribution in [0.2, 0.25) is 0 Å². The Morgan fingerprint density at radius 1 is 0.879 bits per heavy atom. The van der Waals surface area contributed by atoms with Crippen LogP contribution < -0.4 is 27.0 Å². The first-order valence-corrected chi connectivity index (χ1v) is 18.8. The number of nitrogens with two attached hydrogens (primary N) is 1. The number of benzene rings is 3. The van der Waals surface area contributed by atoms with Crippen molar-refractivity contribution in [1.29, 1.82) is 0 Å². The number of likely N-dealkylation sites (tertiary alicyclic amines) is 1. The number of amides is 4. The fraction of sp³-hybridized carbons (Fsp3) is 0.390. The van der Waals surface area contributed by atoms with Crippen LogP contribution >= 0.6 is 0 Å². The van der Waals surface area contributed by atoms with Crippen molar-refractivity contribution in [3.8, 4) is 0 Å². The number of carbonyl (C=O) groups is 7. The van der Waals surface area contributed by atoms with Gasteiger partial charge in [-0.1, -0.05) is 87.0 Å². The molecule has 4 amide bonds. The summed E-state index contributed by atoms with van der Waals surface area (Å²) < 4.78 is 31.7. The number of nitrogens with zero attached hydrogens (tertiary/aromatic N) is 1. The average molecular weight is 809 g/mol. The highest BCUT2D eigenvalue weighted by atomic mass is 19.4. The molecule has 4 atom stereocenters. The van der Waals surface area contributed by atoms with E-state index in [1.165, 1.54) is 4.90 Å². The third-order valence-electron chi connectivity index (χ3n) is 9.90. The van der Waals surface area contributed by atoms with Gasteiger partial charge in [-0.2, -0.15) is 13.2 Å². The van der Waals surface area contributed by atoms with Crippen LogP contribution in [0.1, 0.15) is 76.9 Å². The minimum Gasteiger partial charge on any atom is -0.475 e. The largest absolute Gasteiger partial charge is 0.490 e. The van der Waals surface area contributed by atoms with Crippen LogP contribution in [0.5, 0.6) is 0 Å². The number of aliphatic carboxylic acids is 1. The van der Waals surface area contributed by atoms with Crippen LogP contribution in [0.15, 0.2) is 72.8 Å². The maximum Gasteiger partial charge on any atom is 0.490 e. The summed E-state index contributed by atoms with van der Waals surface area (Å²) in [6.45, 7) is 4.58. The molecule has 1 unspecified atom stereocenters. The molecule has 0 spiro atoms. The van der Waals surface area contributed by atoms with Gasteiger partial charge in [0, 0.05) is 48.4 Å². The van der Waals surface area contributed by atoms with E-state index < -0.39 is 42.1 Å². The van der Waals surface area contributed by atoms with Crippen LogP contribution in [-0.2, 0) is 30.4 Å². The number of nitrogens with one attached hydrogen (secondary N) is 4. The maximum absolute atomic E-state index is 13.9. The Labute approximate surface area is 333 Å². The lowest BCUT2D eigenvalue weighted by Crippen LogP contribution is -2.56. The van der Waals surface area contributed by atoms with Crippen LogP contribution in [-0.4, -0.2) is 102 Å². The summed E-state index contributed by atoms with van der Waals surface area (Å²) in [5, 5.41) is 18.7. The molecule has 0 radical (unpaired) electrons. The highest BCUT2D eigenvalue weighted by molar-refractivity contribution is 6.30. The van der Waals surface area contributed by atoms with Crippen molar-refractivity contribution in [2.75, 3.05) is 31.5 Å². The number of carboxylic acid groups (broad SMARTS) is 1. The van der Waals surface area contributed by atoms with Crippen LogP contribution in [0.3, 0.4) is 0 Å². The molecule has 58 heavy (non-hydrogen) atoms. The van der Waals surface area contributed by atoms with E-state index in [1.807, 2.05) is 44.2 Å². The number of carbonyl (C=O) groups excluding carboxylic acids is 6. The molecule has 7 N–H and O–H groups in total. The molecular formula is C41H47F3N6O8. The first-order valence-electron chi connectivity index (χ1n) is 18.8. The van der Waals surface area contributed by atoms with Gasteiger partial charge in [-0.3, -0.25) is 28.8 Å². The molecule has 5 rings (SSSR count). The fourth-order valence-electron chi connectivity index (χ4n) is 6.53. The second-order valence-corrected chi connectivity index (χ2v) is 13.9. The van der Waals surface area contributed by atoms with E-state index in [0.717, 1.165) is 5.56 Å². The van der Waals surface area contributed by atoms with E-state index in [4.69, 9.17) is 15.6 Å². The number of hydrogen-bond donors (Lipinski definition) is 6. The zero-order chi connectivity index (χ0) is 42.6. The Kier molecular flexibility index (Phi) is 15.7. The number of carboxylic acids is 1. The molecule has 2 aliphatic rings. The Hall–Kier alpha value is -6.10. The summed E-state index contributed by atoms with van der Waals surface area (Å²) in [5.74, 6) is -4.83. The van der Waals surface area contributed by atoms with E-state index in [9.17, 15) is 41.9 Å². The van der Waals surface area contributed by atoms with Gasteiger partial charge in [-0.05, 0) is 36.8 Å². The van der Waals surface area contributed by atoms with E-state index in [-0.39, 0.29) is 42.3 Å². The molecule has 1 aliphatic carbocycles. The van der Waals surface area contributed by atoms with E-state index in [1.54, 1.807) is 42.5 Å². The SMILES string of the molecule is CCC(C)[C@H](N)C(=O)NCC(=O)N[C@@H](Cc1ccccc1)C(=O)N1CCC[C@@H]1C(=O)NCCCNc1cccc2c1C(=O)c1ccccc1C2=O.O=C(O)C(F)(F)F. The van der Waals surface area contributed by atoms with Crippen LogP contribution in [0, 0.1) is 5.92 Å². The summed E-state index contributed by atoms with van der Waals surface area (Å²) >= 11 is 0. The summed E-state index contributed by atoms with van der Waals surface area (Å²) in [7, 11) is 0. The Morgan fingerprint density at radius 3 is 2.14 bits per heavy atom. The van der Waals surface area contributed by atoms with Gasteiger partial charge < -0.3 is 37.0 Å². The Balaban J connectivity index is 0.000000973. The summed E-state index contributed by atoms with van der Waals surface area (Å²) in [6.07, 6.45) is -2.51. The number of fused-ring (bicyclic) bond motifs is 2. The minimum atomic E-state index is -5.08. The zero-order valence-corrected chi connectivity index (χ0v) is 32.1. The van der Waals surface area contributed by atoms with Gasteiger partial charge in [0.1, 0.15) is 12.1 Å². The van der Waals surface area contributed by atoms with Gasteiger partial charge in [0.25, 0.3) is 0 Å². The van der Waals surface area contributed by atoms with Gasteiger partial charge in [-0.15, -0.1) is 0 Å². The van der Waals surface area contributed by atoms with Gasteiger partial charge in [0.2, 0.25) is 23.6 Å². The zero-order valence-electron chi connectivity index (χ0n) is 32.1. The number of ketones is 2. The minimum absolute atomic E-state index is 0.0551. The van der Waals surface area contributed by atoms with E-state index in [0.29, 0.717) is 73.3 Å². The molecular weight excluding hydrogens is 761 g/mol. The lowest BCUT2D eigenvalue weighted by atomic mass is 9.83. The molecule has 1 aliphatic heterocycles. The van der Waals surface area contributed by atoms with Gasteiger partial charge in [0.15, 0.2) is 11.6 Å². The second kappa shape index (κ2) is 20.4. The van der Waals surface area contributed by atoms with Gasteiger partial charge in [-0.25, -0.2) is 4.79 Å². The van der Waals surface area contributed by atoms with E-state index >= 15 is 0 Å². The molecule has 14 nitrogen and oxygen atoms in total. The first kappa shape index (κ1) is 44.6. The molecule has 1 saturated heterocycles. The molecule has 3 aromatic carbocycles. The standard InChI is InChI=1S/C39H46N6O6.C2HF3O2/c1-3-24(2)34(40)38(50)43-23-32(46)44-30(22-25-12-5-4-6-13-25)39(51)45-21-10-18-31(45)37(49)42-20-11-19-41-29-17-9-16-28-33(29)36(48)27-15-8-7-14-26(27)35(28)47;3-2(4,5)1(6)7/h4-9,12-17,24,30-31,34,41H,3,10-11,18-23,40H2,1-2H3,(H,42,49)(H,43,50)(H,44,46);(H,6,7)/t24?,30-,31+,34-;/m0./s1. The number of halogens is 3. The Morgan fingerprint density at radius 2 is 1.50 bits per heavy atom. The summed E-state index contributed by atoms with van der Waals surface area (Å²) in [5.41, 5.74) is 8.87. The number of alkyl halides is 3. The van der Waals surface area contributed by atoms with Crippen molar-refractivity contribution in [1.82, 2.24) is 20.9 Å². The van der Waals surface area contributed by atoms with Crippen LogP contribution in [0.4, 0.5) is 18.9 Å². The van der Waals surface area contributed by atoms with Crippen molar-refractivity contribution < 1.29 is 51.8 Å². The smallest absolute Gasteiger partial charge is 0.475 e. The third-order valence-corrected chi connectivity index (χ3v) is 9.90. The molecule has 0 saturated carbocycles. The normalized spacial score (nSPS) is 16.0. The highest BCUT2D eigenvalue weighted by Crippen LogP contribution is 2.32. The third kappa shape index (κ3) is 11.5. The maximum atomic E-state index is 13.9. The molecule has 0 bridgehead atoms. The summed E-state index contributed by atoms with van der Waals surface area (Å²) in [4.78, 5) is 89.4. The van der Waals surface area contributed by atoms with Crippen molar-refractivity contribution in [2.24, 2.45) is 11.7 Å². The van der Waals surface area contributed by atoms with Crippen molar-refractivity contribution in [3.05, 3.63) is 101 Å².